The molecule has 6 heteroatoms. The number of carbonyl (C=O) groups excluding carboxylic acids is 1. The Hall–Kier alpha value is -2.60. The first-order valence-corrected chi connectivity index (χ1v) is 9.45. The molecule has 1 aromatic carbocycles. The molecule has 4 nitrogen and oxygen atoms in total. The van der Waals surface area contributed by atoms with Crippen LogP contribution < -0.4 is 5.32 Å². The summed E-state index contributed by atoms with van der Waals surface area (Å²) in [7, 11) is 0. The van der Waals surface area contributed by atoms with Gasteiger partial charge in [0.1, 0.15) is 10.8 Å². The van der Waals surface area contributed by atoms with E-state index < -0.39 is 0 Å². The third kappa shape index (κ3) is 5.20. The van der Waals surface area contributed by atoms with Gasteiger partial charge in [0, 0.05) is 42.7 Å². The lowest BCUT2D eigenvalue weighted by atomic mass is 10.1. The molecule has 2 aromatic heterocycles. The van der Waals surface area contributed by atoms with E-state index in [1.165, 1.54) is 6.07 Å². The molecule has 1 N–H and O–H groups in total. The van der Waals surface area contributed by atoms with E-state index in [4.69, 9.17) is 0 Å². The molecule has 0 saturated heterocycles. The molecule has 0 aliphatic heterocycles. The van der Waals surface area contributed by atoms with Crippen molar-refractivity contribution < 1.29 is 9.18 Å². The number of aromatic nitrogens is 2. The molecule has 26 heavy (non-hydrogen) atoms. The zero-order valence-electron chi connectivity index (χ0n) is 14.3. The summed E-state index contributed by atoms with van der Waals surface area (Å²) in [6.45, 7) is 0.550. The molecule has 3 aromatic rings. The molecule has 0 bridgehead atoms. The number of thiazole rings is 1. The summed E-state index contributed by atoms with van der Waals surface area (Å²) in [4.78, 5) is 20.6. The van der Waals surface area contributed by atoms with Crippen LogP contribution in [0.5, 0.6) is 0 Å². The Balaban J connectivity index is 1.38. The first-order chi connectivity index (χ1) is 12.7. The maximum Gasteiger partial charge on any atom is 0.220 e. The quantitative estimate of drug-likeness (QED) is 0.652. The van der Waals surface area contributed by atoms with Gasteiger partial charge in [0.15, 0.2) is 0 Å². The third-order valence-corrected chi connectivity index (χ3v) is 4.91. The van der Waals surface area contributed by atoms with Gasteiger partial charge in [-0.2, -0.15) is 0 Å². The molecule has 3 rings (SSSR count). The Bertz CT molecular complexity index is 851. The fourth-order valence-electron chi connectivity index (χ4n) is 2.60. The van der Waals surface area contributed by atoms with Gasteiger partial charge < -0.3 is 5.32 Å². The number of hydrogen-bond acceptors (Lipinski definition) is 4. The van der Waals surface area contributed by atoms with E-state index >= 15 is 0 Å². The van der Waals surface area contributed by atoms with Crippen LogP contribution in [-0.2, 0) is 17.6 Å². The fraction of sp³-hybridized carbons (Fsp3) is 0.250. The van der Waals surface area contributed by atoms with Crippen LogP contribution in [0.1, 0.15) is 24.1 Å². The zero-order valence-corrected chi connectivity index (χ0v) is 15.1. The topological polar surface area (TPSA) is 54.9 Å². The summed E-state index contributed by atoms with van der Waals surface area (Å²) in [5.74, 6) is -0.218. The third-order valence-electron chi connectivity index (χ3n) is 3.97. The van der Waals surface area contributed by atoms with Gasteiger partial charge in [-0.1, -0.05) is 18.2 Å². The second kappa shape index (κ2) is 9.20. The lowest BCUT2D eigenvalue weighted by Crippen LogP contribution is -2.25. The second-order valence-electron chi connectivity index (χ2n) is 5.93. The molecule has 0 atom stereocenters. The molecule has 0 aliphatic carbocycles. The first kappa shape index (κ1) is 18.2. The molecule has 1 amide bonds. The standard InChI is InChI=1S/C20H20FN3OS/c21-18-8-2-1-5-15(18)6-3-9-19(25)23-12-10-17-14-26-20(24-17)16-7-4-11-22-13-16/h1-2,4-5,7-8,11,13-14H,3,6,9-10,12H2,(H,23,25). The highest BCUT2D eigenvalue weighted by Crippen LogP contribution is 2.22. The average Bonchev–Trinajstić information content (AvgIpc) is 3.13. The van der Waals surface area contributed by atoms with Crippen LogP contribution in [0.4, 0.5) is 4.39 Å². The normalized spacial score (nSPS) is 10.7. The second-order valence-corrected chi connectivity index (χ2v) is 6.79. The number of pyridine rings is 1. The molecule has 0 aliphatic rings. The molecule has 0 radical (unpaired) electrons. The number of nitrogens with one attached hydrogen (secondary N) is 1. The fourth-order valence-corrected chi connectivity index (χ4v) is 3.45. The number of nitrogens with zero attached hydrogens (tertiary/aromatic N) is 2. The minimum atomic E-state index is -0.208. The summed E-state index contributed by atoms with van der Waals surface area (Å²) >= 11 is 1.57. The molecule has 0 spiro atoms. The maximum absolute atomic E-state index is 13.5. The van der Waals surface area contributed by atoms with Gasteiger partial charge in [-0.3, -0.25) is 9.78 Å². The van der Waals surface area contributed by atoms with Gasteiger partial charge >= 0.3 is 0 Å². The predicted octanol–water partition coefficient (Wildman–Crippen LogP) is 4.03. The molecule has 0 saturated carbocycles. The Kier molecular flexibility index (Phi) is 6.44. The smallest absolute Gasteiger partial charge is 0.220 e. The molecule has 134 valence electrons. The summed E-state index contributed by atoms with van der Waals surface area (Å²) in [6, 6.07) is 10.6. The van der Waals surface area contributed by atoms with Gasteiger partial charge in [-0.05, 0) is 36.6 Å². The number of rotatable bonds is 8. The summed E-state index contributed by atoms with van der Waals surface area (Å²) in [5, 5.41) is 5.84. The molecule has 0 unspecified atom stereocenters. The molecular weight excluding hydrogens is 349 g/mol. The lowest BCUT2D eigenvalue weighted by molar-refractivity contribution is -0.121. The highest BCUT2D eigenvalue weighted by atomic mass is 32.1. The van der Waals surface area contributed by atoms with Crippen LogP contribution in [0.3, 0.4) is 0 Å². The van der Waals surface area contributed by atoms with Gasteiger partial charge in [0.2, 0.25) is 5.91 Å². The number of halogens is 1. The first-order valence-electron chi connectivity index (χ1n) is 8.57. The van der Waals surface area contributed by atoms with E-state index in [0.717, 1.165) is 16.3 Å². The largest absolute Gasteiger partial charge is 0.356 e. The number of benzene rings is 1. The Morgan fingerprint density at radius 3 is 2.85 bits per heavy atom. The van der Waals surface area contributed by atoms with Crippen molar-refractivity contribution in [3.63, 3.8) is 0 Å². The van der Waals surface area contributed by atoms with Gasteiger partial charge in [-0.15, -0.1) is 11.3 Å². The number of aryl methyl sites for hydroxylation is 1. The Labute approximate surface area is 156 Å². The van der Waals surface area contributed by atoms with Crippen molar-refractivity contribution in [1.29, 1.82) is 0 Å². The SMILES string of the molecule is O=C(CCCc1ccccc1F)NCCc1csc(-c2cccnc2)n1. The number of carbonyl (C=O) groups is 1. The molecular formula is C20H20FN3OS. The van der Waals surface area contributed by atoms with Crippen LogP contribution in [0.15, 0.2) is 54.2 Å². The van der Waals surface area contributed by atoms with E-state index in [9.17, 15) is 9.18 Å². The van der Waals surface area contributed by atoms with E-state index in [0.29, 0.717) is 37.8 Å². The van der Waals surface area contributed by atoms with Crippen LogP contribution in [0, 0.1) is 5.82 Å². The van der Waals surface area contributed by atoms with Crippen molar-refractivity contribution in [3.8, 4) is 10.6 Å². The molecule has 2 heterocycles. The highest BCUT2D eigenvalue weighted by Gasteiger charge is 2.07. The van der Waals surface area contributed by atoms with Crippen molar-refractivity contribution in [2.45, 2.75) is 25.7 Å². The monoisotopic (exact) mass is 369 g/mol. The van der Waals surface area contributed by atoms with Gasteiger partial charge in [-0.25, -0.2) is 9.37 Å². The number of hydrogen-bond donors (Lipinski definition) is 1. The van der Waals surface area contributed by atoms with Crippen molar-refractivity contribution in [2.24, 2.45) is 0 Å². The van der Waals surface area contributed by atoms with Crippen LogP contribution >= 0.6 is 11.3 Å². The summed E-state index contributed by atoms with van der Waals surface area (Å²) in [5.41, 5.74) is 2.62. The minimum Gasteiger partial charge on any atom is -0.356 e. The van der Waals surface area contributed by atoms with Crippen molar-refractivity contribution in [2.75, 3.05) is 6.54 Å². The van der Waals surface area contributed by atoms with E-state index in [2.05, 4.69) is 15.3 Å². The number of amides is 1. The average molecular weight is 369 g/mol. The lowest BCUT2D eigenvalue weighted by Gasteiger charge is -2.05. The highest BCUT2D eigenvalue weighted by molar-refractivity contribution is 7.13. The van der Waals surface area contributed by atoms with E-state index in [1.54, 1.807) is 35.9 Å². The van der Waals surface area contributed by atoms with Crippen molar-refractivity contribution >= 4 is 17.2 Å². The Morgan fingerprint density at radius 1 is 1.15 bits per heavy atom. The van der Waals surface area contributed by atoms with Crippen molar-refractivity contribution in [1.82, 2.24) is 15.3 Å². The van der Waals surface area contributed by atoms with Crippen LogP contribution in [-0.4, -0.2) is 22.4 Å². The van der Waals surface area contributed by atoms with Gasteiger partial charge in [0.05, 0.1) is 5.69 Å². The van der Waals surface area contributed by atoms with Crippen molar-refractivity contribution in [3.05, 3.63) is 71.2 Å². The van der Waals surface area contributed by atoms with Gasteiger partial charge in [0.25, 0.3) is 0 Å². The Morgan fingerprint density at radius 2 is 2.04 bits per heavy atom. The summed E-state index contributed by atoms with van der Waals surface area (Å²) < 4.78 is 13.5. The van der Waals surface area contributed by atoms with E-state index in [-0.39, 0.29) is 11.7 Å². The maximum atomic E-state index is 13.5. The predicted molar refractivity (Wildman–Crippen MR) is 101 cm³/mol. The van der Waals surface area contributed by atoms with Crippen LogP contribution in [0.2, 0.25) is 0 Å². The molecule has 0 fully saturated rings. The summed E-state index contributed by atoms with van der Waals surface area (Å²) in [6.07, 6.45) is 5.82. The van der Waals surface area contributed by atoms with E-state index in [1.807, 2.05) is 23.6 Å². The zero-order chi connectivity index (χ0) is 18.2. The minimum absolute atomic E-state index is 0.0101. The van der Waals surface area contributed by atoms with Crippen LogP contribution in [0.25, 0.3) is 10.6 Å².